The Morgan fingerprint density at radius 2 is 1.71 bits per heavy atom. The van der Waals surface area contributed by atoms with Gasteiger partial charge in [-0.05, 0) is 18.6 Å². The molecular formula is C13H18Cl2F4N2. The van der Waals surface area contributed by atoms with Gasteiger partial charge in [0.2, 0.25) is 0 Å². The highest BCUT2D eigenvalue weighted by Gasteiger charge is 2.46. The zero-order valence-corrected chi connectivity index (χ0v) is 13.0. The van der Waals surface area contributed by atoms with Crippen LogP contribution in [0.3, 0.4) is 0 Å². The van der Waals surface area contributed by atoms with Crippen molar-refractivity contribution in [2.45, 2.75) is 19.1 Å². The van der Waals surface area contributed by atoms with Gasteiger partial charge in [0.25, 0.3) is 0 Å². The SMILES string of the molecule is Cc1ccc([C@H](N2CCNCC2)C(F)(F)F)c(F)c1.Cl.Cl. The van der Waals surface area contributed by atoms with Gasteiger partial charge in [-0.1, -0.05) is 12.1 Å². The summed E-state index contributed by atoms with van der Waals surface area (Å²) in [4.78, 5) is 1.28. The summed E-state index contributed by atoms with van der Waals surface area (Å²) < 4.78 is 53.6. The molecule has 1 aliphatic rings. The van der Waals surface area contributed by atoms with E-state index < -0.39 is 18.0 Å². The highest BCUT2D eigenvalue weighted by molar-refractivity contribution is 5.85. The highest BCUT2D eigenvalue weighted by atomic mass is 35.5. The Bertz CT molecular complexity index is 448. The zero-order valence-electron chi connectivity index (χ0n) is 11.4. The second-order valence-electron chi connectivity index (χ2n) is 4.76. The van der Waals surface area contributed by atoms with E-state index in [0.717, 1.165) is 6.07 Å². The summed E-state index contributed by atoms with van der Waals surface area (Å²) in [5.41, 5.74) is 0.322. The van der Waals surface area contributed by atoms with E-state index in [4.69, 9.17) is 0 Å². The monoisotopic (exact) mass is 348 g/mol. The van der Waals surface area contributed by atoms with E-state index in [2.05, 4.69) is 5.32 Å². The predicted octanol–water partition coefficient (Wildman–Crippen LogP) is 3.49. The lowest BCUT2D eigenvalue weighted by atomic mass is 10.0. The second-order valence-corrected chi connectivity index (χ2v) is 4.76. The van der Waals surface area contributed by atoms with E-state index in [9.17, 15) is 17.6 Å². The Balaban J connectivity index is 0.00000200. The number of rotatable bonds is 2. The van der Waals surface area contributed by atoms with E-state index in [1.54, 1.807) is 6.92 Å². The third-order valence-corrected chi connectivity index (χ3v) is 3.28. The Morgan fingerprint density at radius 1 is 1.14 bits per heavy atom. The number of halogens is 6. The summed E-state index contributed by atoms with van der Waals surface area (Å²) in [6, 6.07) is 2.04. The van der Waals surface area contributed by atoms with Crippen molar-refractivity contribution >= 4 is 24.8 Å². The van der Waals surface area contributed by atoms with Crippen LogP contribution in [-0.4, -0.2) is 37.3 Å². The number of aryl methyl sites for hydroxylation is 1. The van der Waals surface area contributed by atoms with Gasteiger partial charge < -0.3 is 5.32 Å². The van der Waals surface area contributed by atoms with E-state index in [-0.39, 0.29) is 43.5 Å². The van der Waals surface area contributed by atoms with Crippen molar-refractivity contribution < 1.29 is 17.6 Å². The Hall–Kier alpha value is -0.560. The van der Waals surface area contributed by atoms with Crippen LogP contribution >= 0.6 is 24.8 Å². The van der Waals surface area contributed by atoms with Crippen LogP contribution in [0.5, 0.6) is 0 Å². The number of nitrogens with zero attached hydrogens (tertiary/aromatic N) is 1. The van der Waals surface area contributed by atoms with Gasteiger partial charge >= 0.3 is 6.18 Å². The molecule has 1 N–H and O–H groups in total. The second kappa shape index (κ2) is 8.17. The molecule has 21 heavy (non-hydrogen) atoms. The third kappa shape index (κ3) is 4.98. The van der Waals surface area contributed by atoms with Gasteiger partial charge in [-0.15, -0.1) is 24.8 Å². The summed E-state index contributed by atoms with van der Waals surface area (Å²) >= 11 is 0. The molecule has 0 aliphatic carbocycles. The van der Waals surface area contributed by atoms with Crippen molar-refractivity contribution in [1.29, 1.82) is 0 Å². The molecule has 1 aromatic carbocycles. The molecule has 1 heterocycles. The minimum atomic E-state index is -4.48. The fourth-order valence-corrected chi connectivity index (χ4v) is 2.37. The summed E-state index contributed by atoms with van der Waals surface area (Å²) in [5, 5.41) is 2.99. The minimum Gasteiger partial charge on any atom is -0.314 e. The molecule has 0 spiro atoms. The van der Waals surface area contributed by atoms with Crippen molar-refractivity contribution in [3.63, 3.8) is 0 Å². The fourth-order valence-electron chi connectivity index (χ4n) is 2.37. The number of alkyl halides is 3. The molecule has 0 bridgehead atoms. The molecule has 0 unspecified atom stereocenters. The van der Waals surface area contributed by atoms with Crippen LogP contribution in [0.4, 0.5) is 17.6 Å². The average Bonchev–Trinajstić information content (AvgIpc) is 2.32. The van der Waals surface area contributed by atoms with E-state index in [0.29, 0.717) is 18.7 Å². The molecule has 8 heteroatoms. The lowest BCUT2D eigenvalue weighted by Gasteiger charge is -2.36. The molecular weight excluding hydrogens is 331 g/mol. The third-order valence-electron chi connectivity index (χ3n) is 3.28. The average molecular weight is 349 g/mol. The smallest absolute Gasteiger partial charge is 0.314 e. The van der Waals surface area contributed by atoms with Crippen molar-refractivity contribution in [1.82, 2.24) is 10.2 Å². The van der Waals surface area contributed by atoms with Crippen molar-refractivity contribution in [2.75, 3.05) is 26.2 Å². The molecule has 0 radical (unpaired) electrons. The van der Waals surface area contributed by atoms with Gasteiger partial charge in [0.05, 0.1) is 0 Å². The highest BCUT2D eigenvalue weighted by Crippen LogP contribution is 2.38. The van der Waals surface area contributed by atoms with Gasteiger partial charge in [0, 0.05) is 31.7 Å². The molecule has 122 valence electrons. The molecule has 1 aromatic rings. The van der Waals surface area contributed by atoms with Crippen molar-refractivity contribution in [3.8, 4) is 0 Å². The molecule has 1 aliphatic heterocycles. The number of nitrogens with one attached hydrogen (secondary N) is 1. The maximum absolute atomic E-state index is 13.8. The molecule has 0 aromatic heterocycles. The van der Waals surface area contributed by atoms with Crippen LogP contribution in [-0.2, 0) is 0 Å². The Labute approximate surface area is 133 Å². The van der Waals surface area contributed by atoms with Gasteiger partial charge in [-0.25, -0.2) is 4.39 Å². The van der Waals surface area contributed by atoms with Crippen LogP contribution in [0.15, 0.2) is 18.2 Å². The van der Waals surface area contributed by atoms with E-state index in [1.165, 1.54) is 17.0 Å². The summed E-state index contributed by atoms with van der Waals surface area (Å²) in [7, 11) is 0. The fraction of sp³-hybridized carbons (Fsp3) is 0.538. The Morgan fingerprint density at radius 3 is 2.19 bits per heavy atom. The van der Waals surface area contributed by atoms with Gasteiger partial charge in [0.1, 0.15) is 11.9 Å². The molecule has 0 saturated carbocycles. The molecule has 2 nitrogen and oxygen atoms in total. The minimum absolute atomic E-state index is 0. The van der Waals surface area contributed by atoms with Gasteiger partial charge in [0.15, 0.2) is 0 Å². The molecule has 1 atom stereocenters. The first-order chi connectivity index (χ1) is 8.89. The standard InChI is InChI=1S/C13H16F4N2.2ClH/c1-9-2-3-10(11(14)8-9)12(13(15,16)17)19-6-4-18-5-7-19;;/h2-3,8,12,18H,4-7H2,1H3;2*1H/t12-;;/m0../s1. The quantitative estimate of drug-likeness (QED) is 0.823. The molecule has 0 amide bonds. The van der Waals surface area contributed by atoms with Crippen LogP contribution in [0.1, 0.15) is 17.2 Å². The number of benzene rings is 1. The van der Waals surface area contributed by atoms with Crippen LogP contribution < -0.4 is 5.32 Å². The first-order valence-electron chi connectivity index (χ1n) is 6.17. The first-order valence-corrected chi connectivity index (χ1v) is 6.17. The normalized spacial score (nSPS) is 17.6. The molecule has 2 rings (SSSR count). The van der Waals surface area contributed by atoms with Crippen molar-refractivity contribution in [3.05, 3.63) is 35.1 Å². The zero-order chi connectivity index (χ0) is 14.0. The number of hydrogen-bond acceptors (Lipinski definition) is 2. The van der Waals surface area contributed by atoms with Crippen LogP contribution in [0.25, 0.3) is 0 Å². The van der Waals surface area contributed by atoms with Crippen LogP contribution in [0.2, 0.25) is 0 Å². The van der Waals surface area contributed by atoms with Crippen LogP contribution in [0, 0.1) is 12.7 Å². The van der Waals surface area contributed by atoms with Gasteiger partial charge in [-0.3, -0.25) is 4.90 Å². The Kier molecular flexibility index (Phi) is 7.95. The lowest BCUT2D eigenvalue weighted by Crippen LogP contribution is -2.49. The summed E-state index contributed by atoms with van der Waals surface area (Å²) in [6.07, 6.45) is -4.48. The largest absolute Gasteiger partial charge is 0.408 e. The predicted molar refractivity (Wildman–Crippen MR) is 78.9 cm³/mol. The summed E-state index contributed by atoms with van der Waals surface area (Å²) in [6.45, 7) is 3.15. The number of hydrogen-bond donors (Lipinski definition) is 1. The van der Waals surface area contributed by atoms with E-state index >= 15 is 0 Å². The first kappa shape index (κ1) is 20.4. The maximum Gasteiger partial charge on any atom is 0.408 e. The number of piperazine rings is 1. The van der Waals surface area contributed by atoms with E-state index in [1.807, 2.05) is 0 Å². The van der Waals surface area contributed by atoms with Gasteiger partial charge in [-0.2, -0.15) is 13.2 Å². The topological polar surface area (TPSA) is 15.3 Å². The molecule has 1 saturated heterocycles. The maximum atomic E-state index is 13.8. The lowest BCUT2D eigenvalue weighted by molar-refractivity contribution is -0.188. The van der Waals surface area contributed by atoms with Crippen molar-refractivity contribution in [2.24, 2.45) is 0 Å². The summed E-state index contributed by atoms with van der Waals surface area (Å²) in [5.74, 6) is -0.791. The molecule has 1 fully saturated rings.